The van der Waals surface area contributed by atoms with Gasteiger partial charge in [0.1, 0.15) is 0 Å². The van der Waals surface area contributed by atoms with Gasteiger partial charge in [-0.1, -0.05) is 19.4 Å². The van der Waals surface area contributed by atoms with Gasteiger partial charge in [0.2, 0.25) is 0 Å². The van der Waals surface area contributed by atoms with E-state index in [0.29, 0.717) is 11.8 Å². The molecule has 1 aliphatic heterocycles. The van der Waals surface area contributed by atoms with Gasteiger partial charge in [-0.25, -0.2) is 8.78 Å². The van der Waals surface area contributed by atoms with E-state index in [2.05, 4.69) is 12.2 Å². The van der Waals surface area contributed by atoms with Crippen LogP contribution < -0.4 is 5.32 Å². The largest absolute Gasteiger partial charge is 0.316 e. The second kappa shape index (κ2) is 4.91. The van der Waals surface area contributed by atoms with E-state index in [9.17, 15) is 8.78 Å². The van der Waals surface area contributed by atoms with Gasteiger partial charge in [-0.2, -0.15) is 0 Å². The first kappa shape index (κ1) is 11.5. The van der Waals surface area contributed by atoms with Gasteiger partial charge in [0.15, 0.2) is 11.6 Å². The Morgan fingerprint density at radius 1 is 1.31 bits per heavy atom. The van der Waals surface area contributed by atoms with E-state index in [1.165, 1.54) is 12.1 Å². The van der Waals surface area contributed by atoms with Gasteiger partial charge in [-0.3, -0.25) is 0 Å². The molecule has 3 heteroatoms. The maximum atomic E-state index is 13.2. The molecule has 1 fully saturated rings. The second-order valence-corrected chi connectivity index (χ2v) is 4.44. The lowest BCUT2D eigenvalue weighted by atomic mass is 9.80. The molecule has 0 bridgehead atoms. The maximum Gasteiger partial charge on any atom is 0.159 e. The molecular formula is C13H17F2N. The summed E-state index contributed by atoms with van der Waals surface area (Å²) in [5, 5.41) is 3.34. The van der Waals surface area contributed by atoms with Crippen LogP contribution in [0.2, 0.25) is 0 Å². The first-order chi connectivity index (χ1) is 7.72. The number of benzene rings is 1. The highest BCUT2D eigenvalue weighted by Gasteiger charge is 2.25. The van der Waals surface area contributed by atoms with E-state index in [0.717, 1.165) is 31.5 Å². The van der Waals surface area contributed by atoms with Crippen LogP contribution in [0.1, 0.15) is 31.2 Å². The van der Waals surface area contributed by atoms with Crippen LogP contribution >= 0.6 is 0 Å². The molecule has 2 rings (SSSR count). The van der Waals surface area contributed by atoms with Gasteiger partial charge >= 0.3 is 0 Å². The molecule has 2 atom stereocenters. The highest BCUT2D eigenvalue weighted by atomic mass is 19.2. The van der Waals surface area contributed by atoms with Crippen molar-refractivity contribution >= 4 is 0 Å². The van der Waals surface area contributed by atoms with Crippen molar-refractivity contribution < 1.29 is 8.78 Å². The fourth-order valence-corrected chi connectivity index (χ4v) is 2.53. The smallest absolute Gasteiger partial charge is 0.159 e. The summed E-state index contributed by atoms with van der Waals surface area (Å²) in [6, 6.07) is 4.31. The average Bonchev–Trinajstić information content (AvgIpc) is 2.32. The predicted octanol–water partition coefficient (Wildman–Crippen LogP) is 3.07. The standard InChI is InChI=1S/C13H17F2N/c1-2-9-8-16-6-5-11(9)10-3-4-12(14)13(15)7-10/h3-4,7,9,11,16H,2,5-6,8H2,1H3. The monoisotopic (exact) mass is 225 g/mol. The van der Waals surface area contributed by atoms with Crippen molar-refractivity contribution in [2.45, 2.75) is 25.7 Å². The van der Waals surface area contributed by atoms with E-state index in [-0.39, 0.29) is 0 Å². The Bertz CT molecular complexity index is 365. The quantitative estimate of drug-likeness (QED) is 0.815. The van der Waals surface area contributed by atoms with Crippen molar-refractivity contribution in [2.75, 3.05) is 13.1 Å². The lowest BCUT2D eigenvalue weighted by Gasteiger charge is -2.31. The molecule has 88 valence electrons. The zero-order valence-corrected chi connectivity index (χ0v) is 9.47. The Labute approximate surface area is 94.9 Å². The van der Waals surface area contributed by atoms with E-state index < -0.39 is 11.6 Å². The molecule has 2 unspecified atom stereocenters. The van der Waals surface area contributed by atoms with E-state index in [1.807, 2.05) is 0 Å². The summed E-state index contributed by atoms with van der Waals surface area (Å²) in [5.74, 6) is -0.600. The van der Waals surface area contributed by atoms with E-state index in [4.69, 9.17) is 0 Å². The van der Waals surface area contributed by atoms with Gasteiger partial charge in [0, 0.05) is 0 Å². The molecule has 0 saturated carbocycles. The summed E-state index contributed by atoms with van der Waals surface area (Å²) in [7, 11) is 0. The summed E-state index contributed by atoms with van der Waals surface area (Å²) in [6.07, 6.45) is 2.07. The highest BCUT2D eigenvalue weighted by molar-refractivity contribution is 5.23. The minimum absolute atomic E-state index is 0.362. The van der Waals surface area contributed by atoms with Crippen molar-refractivity contribution in [3.8, 4) is 0 Å². The predicted molar refractivity (Wildman–Crippen MR) is 60.4 cm³/mol. The fraction of sp³-hybridized carbons (Fsp3) is 0.538. The van der Waals surface area contributed by atoms with Crippen LogP contribution in [0.5, 0.6) is 0 Å². The third-order valence-corrected chi connectivity index (χ3v) is 3.50. The van der Waals surface area contributed by atoms with Crippen molar-refractivity contribution in [3.63, 3.8) is 0 Å². The summed E-state index contributed by atoms with van der Waals surface area (Å²) < 4.78 is 26.0. The Kier molecular flexibility index (Phi) is 3.54. The summed E-state index contributed by atoms with van der Waals surface area (Å²) in [4.78, 5) is 0. The molecule has 0 aliphatic carbocycles. The van der Waals surface area contributed by atoms with Crippen LogP contribution in [0.25, 0.3) is 0 Å². The van der Waals surface area contributed by atoms with Crippen LogP contribution in [0.4, 0.5) is 8.78 Å². The molecule has 1 N–H and O–H groups in total. The minimum Gasteiger partial charge on any atom is -0.316 e. The number of hydrogen-bond donors (Lipinski definition) is 1. The van der Waals surface area contributed by atoms with Crippen LogP contribution in [0.15, 0.2) is 18.2 Å². The lowest BCUT2D eigenvalue weighted by molar-refractivity contribution is 0.316. The molecule has 1 aromatic carbocycles. The number of piperidine rings is 1. The number of nitrogens with one attached hydrogen (secondary N) is 1. The first-order valence-corrected chi connectivity index (χ1v) is 5.88. The Balaban J connectivity index is 2.23. The van der Waals surface area contributed by atoms with Crippen molar-refractivity contribution in [1.82, 2.24) is 5.32 Å². The van der Waals surface area contributed by atoms with Crippen LogP contribution in [-0.2, 0) is 0 Å². The Morgan fingerprint density at radius 3 is 2.81 bits per heavy atom. The number of hydrogen-bond acceptors (Lipinski definition) is 1. The zero-order chi connectivity index (χ0) is 11.5. The Hall–Kier alpha value is -0.960. The third kappa shape index (κ3) is 2.24. The molecule has 0 spiro atoms. The molecule has 0 amide bonds. The van der Waals surface area contributed by atoms with Crippen LogP contribution in [-0.4, -0.2) is 13.1 Å². The van der Waals surface area contributed by atoms with Crippen molar-refractivity contribution in [2.24, 2.45) is 5.92 Å². The topological polar surface area (TPSA) is 12.0 Å². The van der Waals surface area contributed by atoms with Crippen LogP contribution in [0, 0.1) is 17.6 Å². The third-order valence-electron chi connectivity index (χ3n) is 3.50. The Morgan fingerprint density at radius 2 is 2.12 bits per heavy atom. The number of rotatable bonds is 2. The molecule has 1 nitrogen and oxygen atoms in total. The summed E-state index contributed by atoms with van der Waals surface area (Å²) in [6.45, 7) is 4.07. The average molecular weight is 225 g/mol. The molecule has 1 aliphatic rings. The van der Waals surface area contributed by atoms with Crippen molar-refractivity contribution in [1.29, 1.82) is 0 Å². The molecule has 1 heterocycles. The van der Waals surface area contributed by atoms with Crippen molar-refractivity contribution in [3.05, 3.63) is 35.4 Å². The minimum atomic E-state index is -0.759. The van der Waals surface area contributed by atoms with Gasteiger partial charge in [0.25, 0.3) is 0 Å². The zero-order valence-electron chi connectivity index (χ0n) is 9.47. The molecule has 16 heavy (non-hydrogen) atoms. The molecule has 0 aromatic heterocycles. The molecule has 1 aromatic rings. The van der Waals surface area contributed by atoms with Crippen LogP contribution in [0.3, 0.4) is 0 Å². The SMILES string of the molecule is CCC1CNCCC1c1ccc(F)c(F)c1. The summed E-state index contributed by atoms with van der Waals surface area (Å²) in [5.41, 5.74) is 0.937. The first-order valence-electron chi connectivity index (χ1n) is 5.88. The second-order valence-electron chi connectivity index (χ2n) is 4.44. The maximum absolute atomic E-state index is 13.2. The van der Waals surface area contributed by atoms with Gasteiger partial charge in [-0.05, 0) is 49.0 Å². The molecule has 0 radical (unpaired) electrons. The van der Waals surface area contributed by atoms with E-state index >= 15 is 0 Å². The van der Waals surface area contributed by atoms with Gasteiger partial charge in [-0.15, -0.1) is 0 Å². The summed E-state index contributed by atoms with van der Waals surface area (Å²) >= 11 is 0. The molecular weight excluding hydrogens is 208 g/mol. The lowest BCUT2D eigenvalue weighted by Crippen LogP contribution is -2.35. The van der Waals surface area contributed by atoms with Gasteiger partial charge in [0.05, 0.1) is 0 Å². The number of halogens is 2. The van der Waals surface area contributed by atoms with E-state index in [1.54, 1.807) is 6.07 Å². The highest BCUT2D eigenvalue weighted by Crippen LogP contribution is 2.32. The van der Waals surface area contributed by atoms with Gasteiger partial charge < -0.3 is 5.32 Å². The normalized spacial score (nSPS) is 25.7. The molecule has 1 saturated heterocycles. The fourth-order valence-electron chi connectivity index (χ4n) is 2.53.